The van der Waals surface area contributed by atoms with Crippen molar-refractivity contribution in [1.29, 1.82) is 0 Å². The van der Waals surface area contributed by atoms with Crippen LogP contribution in [0.3, 0.4) is 0 Å². The van der Waals surface area contributed by atoms with Crippen LogP contribution < -0.4 is 10.5 Å². The molecule has 0 aliphatic heterocycles. The molecule has 0 aliphatic rings. The number of hydrogen-bond acceptors (Lipinski definition) is 4. The van der Waals surface area contributed by atoms with Gasteiger partial charge in [0.1, 0.15) is 11.8 Å². The zero-order chi connectivity index (χ0) is 12.1. The number of hydrogen-bond donors (Lipinski definition) is 2. The number of aromatic amines is 1. The topological polar surface area (TPSA) is 76.8 Å². The maximum atomic E-state index is 5.64. The highest BCUT2D eigenvalue weighted by molar-refractivity contribution is 5.82. The van der Waals surface area contributed by atoms with Crippen molar-refractivity contribution in [3.63, 3.8) is 0 Å². The Bertz CT molecular complexity index is 480. The third-order valence-electron chi connectivity index (χ3n) is 2.66. The molecular formula is C12H18N4O. The summed E-state index contributed by atoms with van der Waals surface area (Å²) in [5.41, 5.74) is 8.46. The summed E-state index contributed by atoms with van der Waals surface area (Å²) in [5.74, 6) is 0.631. The van der Waals surface area contributed by atoms with Crippen molar-refractivity contribution in [2.75, 3.05) is 13.2 Å². The first kappa shape index (κ1) is 11.9. The van der Waals surface area contributed by atoms with E-state index in [1.807, 2.05) is 6.20 Å². The summed E-state index contributed by atoms with van der Waals surface area (Å²) in [7, 11) is 0. The molecule has 0 radical (unpaired) electrons. The van der Waals surface area contributed by atoms with Gasteiger partial charge >= 0.3 is 0 Å². The maximum absolute atomic E-state index is 5.64. The molecule has 2 heterocycles. The minimum absolute atomic E-state index is 0.614. The van der Waals surface area contributed by atoms with E-state index in [-0.39, 0.29) is 0 Å². The second-order valence-electron chi connectivity index (χ2n) is 3.96. The smallest absolute Gasteiger partial charge is 0.241 e. The number of rotatable bonds is 6. The lowest BCUT2D eigenvalue weighted by atomic mass is 10.2. The van der Waals surface area contributed by atoms with E-state index in [1.165, 1.54) is 6.33 Å². The second-order valence-corrected chi connectivity index (χ2v) is 3.96. The summed E-state index contributed by atoms with van der Waals surface area (Å²) >= 11 is 0. The average Bonchev–Trinajstić information content (AvgIpc) is 2.75. The molecule has 0 fully saturated rings. The molecule has 5 nitrogen and oxygen atoms in total. The lowest BCUT2D eigenvalue weighted by Crippen LogP contribution is -2.03. The van der Waals surface area contributed by atoms with Gasteiger partial charge in [-0.05, 0) is 24.9 Å². The molecular weight excluding hydrogens is 216 g/mol. The summed E-state index contributed by atoms with van der Waals surface area (Å²) in [4.78, 5) is 11.6. The number of nitrogens with one attached hydrogen (secondary N) is 1. The van der Waals surface area contributed by atoms with E-state index in [4.69, 9.17) is 10.5 Å². The largest absolute Gasteiger partial charge is 0.476 e. The Morgan fingerprint density at radius 1 is 1.41 bits per heavy atom. The van der Waals surface area contributed by atoms with E-state index in [2.05, 4.69) is 21.9 Å². The molecule has 2 aromatic heterocycles. The Hall–Kier alpha value is -1.62. The van der Waals surface area contributed by atoms with Crippen LogP contribution in [0, 0.1) is 0 Å². The predicted molar refractivity (Wildman–Crippen MR) is 67.1 cm³/mol. The van der Waals surface area contributed by atoms with Crippen molar-refractivity contribution >= 4 is 11.0 Å². The van der Waals surface area contributed by atoms with Crippen LogP contribution in [-0.2, 0) is 6.42 Å². The van der Waals surface area contributed by atoms with Gasteiger partial charge in [0.25, 0.3) is 0 Å². The lowest BCUT2D eigenvalue weighted by Gasteiger charge is -2.04. The van der Waals surface area contributed by atoms with Crippen LogP contribution in [0.25, 0.3) is 11.0 Å². The second kappa shape index (κ2) is 5.63. The van der Waals surface area contributed by atoms with E-state index >= 15 is 0 Å². The minimum Gasteiger partial charge on any atom is -0.476 e. The normalized spacial score (nSPS) is 10.9. The van der Waals surface area contributed by atoms with Crippen molar-refractivity contribution in [1.82, 2.24) is 15.0 Å². The quantitative estimate of drug-likeness (QED) is 0.745. The molecule has 17 heavy (non-hydrogen) atoms. The Kier molecular flexibility index (Phi) is 3.93. The van der Waals surface area contributed by atoms with Crippen molar-refractivity contribution in [2.24, 2.45) is 5.73 Å². The highest BCUT2D eigenvalue weighted by Gasteiger charge is 2.10. The number of H-pyrrole nitrogens is 1. The van der Waals surface area contributed by atoms with Gasteiger partial charge in [-0.1, -0.05) is 13.3 Å². The molecule has 92 valence electrons. The lowest BCUT2D eigenvalue weighted by molar-refractivity contribution is 0.301. The SMILES string of the molecule is CCCCOc1ncnc2c(CCN)c[nH]c12. The van der Waals surface area contributed by atoms with Crippen LogP contribution in [-0.4, -0.2) is 28.1 Å². The molecule has 0 unspecified atom stereocenters. The van der Waals surface area contributed by atoms with E-state index in [0.717, 1.165) is 35.9 Å². The molecule has 0 aliphatic carbocycles. The average molecular weight is 234 g/mol. The van der Waals surface area contributed by atoms with E-state index < -0.39 is 0 Å². The van der Waals surface area contributed by atoms with Gasteiger partial charge in [-0.25, -0.2) is 4.98 Å². The third-order valence-corrected chi connectivity index (χ3v) is 2.66. The van der Waals surface area contributed by atoms with Gasteiger partial charge < -0.3 is 15.5 Å². The molecule has 5 heteroatoms. The van der Waals surface area contributed by atoms with Gasteiger partial charge in [0.05, 0.1) is 12.1 Å². The zero-order valence-corrected chi connectivity index (χ0v) is 10.1. The van der Waals surface area contributed by atoms with Crippen molar-refractivity contribution in [3.8, 4) is 5.88 Å². The van der Waals surface area contributed by atoms with E-state index in [1.54, 1.807) is 0 Å². The first-order valence-corrected chi connectivity index (χ1v) is 6.00. The molecule has 2 rings (SSSR count). The molecule has 0 saturated heterocycles. The molecule has 0 saturated carbocycles. The van der Waals surface area contributed by atoms with E-state index in [9.17, 15) is 0 Å². The minimum atomic E-state index is 0.614. The highest BCUT2D eigenvalue weighted by Crippen LogP contribution is 2.23. The Morgan fingerprint density at radius 2 is 2.29 bits per heavy atom. The highest BCUT2D eigenvalue weighted by atomic mass is 16.5. The molecule has 0 amide bonds. The summed E-state index contributed by atoms with van der Waals surface area (Å²) in [6.45, 7) is 3.43. The number of fused-ring (bicyclic) bond motifs is 1. The molecule has 0 atom stereocenters. The fraction of sp³-hybridized carbons (Fsp3) is 0.500. The van der Waals surface area contributed by atoms with Gasteiger partial charge in [0.2, 0.25) is 5.88 Å². The summed E-state index contributed by atoms with van der Waals surface area (Å²) in [5, 5.41) is 0. The molecule has 3 N–H and O–H groups in total. The fourth-order valence-corrected chi connectivity index (χ4v) is 1.74. The first-order valence-electron chi connectivity index (χ1n) is 6.00. The number of nitrogens with two attached hydrogens (primary N) is 1. The summed E-state index contributed by atoms with van der Waals surface area (Å²) in [6.07, 6.45) is 6.42. The van der Waals surface area contributed by atoms with Crippen LogP contribution in [0.1, 0.15) is 25.3 Å². The molecule has 0 aromatic carbocycles. The fourth-order valence-electron chi connectivity index (χ4n) is 1.74. The maximum Gasteiger partial charge on any atom is 0.241 e. The Morgan fingerprint density at radius 3 is 3.06 bits per heavy atom. The third kappa shape index (κ3) is 2.55. The van der Waals surface area contributed by atoms with Crippen molar-refractivity contribution < 1.29 is 4.74 Å². The van der Waals surface area contributed by atoms with Gasteiger partial charge in [-0.2, -0.15) is 4.98 Å². The van der Waals surface area contributed by atoms with Crippen LogP contribution >= 0.6 is 0 Å². The van der Waals surface area contributed by atoms with Crippen LogP contribution in [0.15, 0.2) is 12.5 Å². The van der Waals surface area contributed by atoms with Gasteiger partial charge in [-0.3, -0.25) is 0 Å². The Labute approximate surface area is 100 Å². The number of aromatic nitrogens is 3. The monoisotopic (exact) mass is 234 g/mol. The molecule has 2 aromatic rings. The van der Waals surface area contributed by atoms with Crippen LogP contribution in [0.2, 0.25) is 0 Å². The first-order chi connectivity index (χ1) is 8.36. The van der Waals surface area contributed by atoms with Crippen molar-refractivity contribution in [2.45, 2.75) is 26.2 Å². The predicted octanol–water partition coefficient (Wildman–Crippen LogP) is 1.64. The summed E-state index contributed by atoms with van der Waals surface area (Å²) < 4.78 is 5.64. The zero-order valence-electron chi connectivity index (χ0n) is 10.1. The number of nitrogens with zero attached hydrogens (tertiary/aromatic N) is 2. The molecule has 0 spiro atoms. The van der Waals surface area contributed by atoms with Crippen LogP contribution in [0.4, 0.5) is 0 Å². The number of ether oxygens (including phenoxy) is 1. The van der Waals surface area contributed by atoms with Crippen LogP contribution in [0.5, 0.6) is 5.88 Å². The van der Waals surface area contributed by atoms with Gasteiger partial charge in [0.15, 0.2) is 0 Å². The van der Waals surface area contributed by atoms with E-state index in [0.29, 0.717) is 19.0 Å². The number of unbranched alkanes of at least 4 members (excludes halogenated alkanes) is 1. The molecule has 0 bridgehead atoms. The van der Waals surface area contributed by atoms with Gasteiger partial charge in [0, 0.05) is 6.20 Å². The van der Waals surface area contributed by atoms with Gasteiger partial charge in [-0.15, -0.1) is 0 Å². The summed E-state index contributed by atoms with van der Waals surface area (Å²) in [6, 6.07) is 0. The van der Waals surface area contributed by atoms with Crippen molar-refractivity contribution in [3.05, 3.63) is 18.1 Å². The standard InChI is InChI=1S/C12H18N4O/c1-2-3-6-17-12-11-10(15-8-16-12)9(4-5-13)7-14-11/h7-8,14H,2-6,13H2,1H3. The Balaban J connectivity index is 2.24.